The van der Waals surface area contributed by atoms with Gasteiger partial charge in [-0.2, -0.15) is 0 Å². The Morgan fingerprint density at radius 2 is 1.92 bits per heavy atom. The molecule has 0 N–H and O–H groups in total. The van der Waals surface area contributed by atoms with Gasteiger partial charge in [0.1, 0.15) is 0 Å². The Kier molecular flexibility index (Phi) is 3.57. The number of hydrogen-bond acceptors (Lipinski definition) is 1. The molecule has 0 bridgehead atoms. The summed E-state index contributed by atoms with van der Waals surface area (Å²) in [6.07, 6.45) is 5.20. The number of rotatable bonds is 3. The second kappa shape index (κ2) is 4.27. The zero-order valence-corrected chi connectivity index (χ0v) is 8.73. The molecule has 0 aromatic heterocycles. The van der Waals surface area contributed by atoms with E-state index in [-0.39, 0.29) is 0 Å². The van der Waals surface area contributed by atoms with Crippen LogP contribution in [-0.4, -0.2) is 13.2 Å². The maximum atomic E-state index is 5.39. The lowest BCUT2D eigenvalue weighted by atomic mass is 9.71. The van der Waals surface area contributed by atoms with Crippen LogP contribution in [0, 0.1) is 11.3 Å². The fourth-order valence-electron chi connectivity index (χ4n) is 2.11. The largest absolute Gasteiger partial charge is 0.381 e. The number of hydrogen-bond donors (Lipinski definition) is 0. The fourth-order valence-corrected chi connectivity index (χ4v) is 2.11. The van der Waals surface area contributed by atoms with E-state index >= 15 is 0 Å². The molecule has 1 unspecified atom stereocenters. The highest BCUT2D eigenvalue weighted by Gasteiger charge is 2.32. The minimum atomic E-state index is 0.564. The first kappa shape index (κ1) is 10.0. The molecular formula is C11H22O. The van der Waals surface area contributed by atoms with Crippen LogP contribution in [0.1, 0.15) is 46.5 Å². The Labute approximate surface area is 76.5 Å². The summed E-state index contributed by atoms with van der Waals surface area (Å²) in [4.78, 5) is 0. The van der Waals surface area contributed by atoms with Crippen molar-refractivity contribution in [3.63, 3.8) is 0 Å². The molecule has 1 aliphatic heterocycles. The Morgan fingerprint density at radius 3 is 2.42 bits per heavy atom. The smallest absolute Gasteiger partial charge is 0.0471 e. The molecule has 0 radical (unpaired) electrons. The van der Waals surface area contributed by atoms with E-state index in [1.54, 1.807) is 0 Å². The molecule has 72 valence electrons. The third-order valence-electron chi connectivity index (χ3n) is 3.55. The normalized spacial score (nSPS) is 25.2. The van der Waals surface area contributed by atoms with Gasteiger partial charge in [0, 0.05) is 13.2 Å². The van der Waals surface area contributed by atoms with Crippen molar-refractivity contribution in [3.05, 3.63) is 0 Å². The molecule has 0 saturated carbocycles. The average Bonchev–Trinajstić information content (AvgIpc) is 2.06. The van der Waals surface area contributed by atoms with Crippen LogP contribution in [0.2, 0.25) is 0 Å². The molecule has 1 fully saturated rings. The molecule has 1 saturated heterocycles. The Hall–Kier alpha value is -0.0400. The van der Waals surface area contributed by atoms with Crippen molar-refractivity contribution in [1.82, 2.24) is 0 Å². The summed E-state index contributed by atoms with van der Waals surface area (Å²) >= 11 is 0. The highest BCUT2D eigenvalue weighted by Crippen LogP contribution is 2.39. The Bertz CT molecular complexity index is 125. The van der Waals surface area contributed by atoms with Crippen molar-refractivity contribution in [3.8, 4) is 0 Å². The van der Waals surface area contributed by atoms with Gasteiger partial charge in [-0.1, -0.05) is 33.6 Å². The minimum Gasteiger partial charge on any atom is -0.381 e. The summed E-state index contributed by atoms with van der Waals surface area (Å²) in [5.41, 5.74) is 0.564. The molecule has 12 heavy (non-hydrogen) atoms. The van der Waals surface area contributed by atoms with Gasteiger partial charge in [-0.15, -0.1) is 0 Å². The van der Waals surface area contributed by atoms with Gasteiger partial charge in [0.15, 0.2) is 0 Å². The quantitative estimate of drug-likeness (QED) is 0.632. The molecule has 0 aromatic carbocycles. The molecule has 0 amide bonds. The summed E-state index contributed by atoms with van der Waals surface area (Å²) in [5.74, 6) is 0.867. The zero-order chi connectivity index (χ0) is 9.03. The Balaban J connectivity index is 2.44. The van der Waals surface area contributed by atoms with Crippen LogP contribution in [0.25, 0.3) is 0 Å². The summed E-state index contributed by atoms with van der Waals surface area (Å²) in [7, 11) is 0. The number of ether oxygens (including phenoxy) is 1. The summed E-state index contributed by atoms with van der Waals surface area (Å²) < 4.78 is 5.39. The van der Waals surface area contributed by atoms with Crippen molar-refractivity contribution in [2.75, 3.05) is 13.2 Å². The summed E-state index contributed by atoms with van der Waals surface area (Å²) in [5, 5.41) is 0. The highest BCUT2D eigenvalue weighted by atomic mass is 16.5. The van der Waals surface area contributed by atoms with Crippen LogP contribution >= 0.6 is 0 Å². The summed E-state index contributed by atoms with van der Waals surface area (Å²) in [6, 6.07) is 0. The summed E-state index contributed by atoms with van der Waals surface area (Å²) in [6.45, 7) is 9.05. The van der Waals surface area contributed by atoms with Gasteiger partial charge >= 0.3 is 0 Å². The second-order valence-corrected chi connectivity index (χ2v) is 4.46. The lowest BCUT2D eigenvalue weighted by molar-refractivity contribution is -0.00564. The third kappa shape index (κ3) is 2.22. The molecule has 1 nitrogen and oxygen atoms in total. The topological polar surface area (TPSA) is 9.23 Å². The lowest BCUT2D eigenvalue weighted by Gasteiger charge is -2.39. The van der Waals surface area contributed by atoms with Gasteiger partial charge < -0.3 is 4.74 Å². The van der Waals surface area contributed by atoms with Crippen LogP contribution in [-0.2, 0) is 4.74 Å². The maximum absolute atomic E-state index is 5.39. The van der Waals surface area contributed by atoms with Crippen molar-refractivity contribution in [1.29, 1.82) is 0 Å². The van der Waals surface area contributed by atoms with Crippen molar-refractivity contribution in [2.24, 2.45) is 11.3 Å². The molecule has 0 spiro atoms. The van der Waals surface area contributed by atoms with Crippen LogP contribution in [0.5, 0.6) is 0 Å². The highest BCUT2D eigenvalue weighted by molar-refractivity contribution is 4.81. The molecule has 1 atom stereocenters. The Morgan fingerprint density at radius 1 is 1.33 bits per heavy atom. The van der Waals surface area contributed by atoms with E-state index < -0.39 is 0 Å². The molecule has 1 aliphatic rings. The van der Waals surface area contributed by atoms with Crippen LogP contribution < -0.4 is 0 Å². The van der Waals surface area contributed by atoms with E-state index in [0.29, 0.717) is 5.41 Å². The predicted molar refractivity (Wildman–Crippen MR) is 52.2 cm³/mol. The van der Waals surface area contributed by atoms with E-state index in [1.165, 1.54) is 25.7 Å². The van der Waals surface area contributed by atoms with E-state index in [2.05, 4.69) is 20.8 Å². The van der Waals surface area contributed by atoms with Crippen LogP contribution in [0.4, 0.5) is 0 Å². The maximum Gasteiger partial charge on any atom is 0.0471 e. The van der Waals surface area contributed by atoms with Crippen molar-refractivity contribution >= 4 is 0 Å². The van der Waals surface area contributed by atoms with Gasteiger partial charge in [0.25, 0.3) is 0 Å². The first-order valence-electron chi connectivity index (χ1n) is 5.27. The van der Waals surface area contributed by atoms with E-state index in [1.807, 2.05) is 0 Å². The van der Waals surface area contributed by atoms with Crippen LogP contribution in [0.15, 0.2) is 0 Å². The first-order valence-corrected chi connectivity index (χ1v) is 5.27. The first-order chi connectivity index (χ1) is 5.69. The van der Waals surface area contributed by atoms with Gasteiger partial charge in [-0.3, -0.25) is 0 Å². The van der Waals surface area contributed by atoms with Crippen LogP contribution in [0.3, 0.4) is 0 Å². The van der Waals surface area contributed by atoms with Gasteiger partial charge in [-0.25, -0.2) is 0 Å². The second-order valence-electron chi connectivity index (χ2n) is 4.46. The minimum absolute atomic E-state index is 0.564. The standard InChI is InChI=1S/C11H22O/c1-4-5-10(2)11(3)6-8-12-9-7-11/h10H,4-9H2,1-3H3. The average molecular weight is 170 g/mol. The fraction of sp³-hybridized carbons (Fsp3) is 1.00. The van der Waals surface area contributed by atoms with E-state index in [4.69, 9.17) is 4.74 Å². The predicted octanol–water partition coefficient (Wildman–Crippen LogP) is 3.24. The van der Waals surface area contributed by atoms with Gasteiger partial charge in [0.2, 0.25) is 0 Å². The van der Waals surface area contributed by atoms with E-state index in [0.717, 1.165) is 19.1 Å². The van der Waals surface area contributed by atoms with Crippen molar-refractivity contribution < 1.29 is 4.74 Å². The molecular weight excluding hydrogens is 148 g/mol. The molecule has 0 aromatic rings. The van der Waals surface area contributed by atoms with E-state index in [9.17, 15) is 0 Å². The molecule has 1 rings (SSSR count). The molecule has 0 aliphatic carbocycles. The van der Waals surface area contributed by atoms with Gasteiger partial charge in [-0.05, 0) is 24.2 Å². The third-order valence-corrected chi connectivity index (χ3v) is 3.55. The van der Waals surface area contributed by atoms with Gasteiger partial charge in [0.05, 0.1) is 0 Å². The molecule has 1 heteroatoms. The SMILES string of the molecule is CCCC(C)C1(C)CCOCC1. The molecule has 1 heterocycles. The van der Waals surface area contributed by atoms with Crippen molar-refractivity contribution in [2.45, 2.75) is 46.5 Å². The lowest BCUT2D eigenvalue weighted by Crippen LogP contribution is -2.32. The zero-order valence-electron chi connectivity index (χ0n) is 8.73. The monoisotopic (exact) mass is 170 g/mol.